The number of benzene rings is 2. The molecule has 1 N–H and O–H groups in total. The zero-order chi connectivity index (χ0) is 23.4. The molecule has 0 radical (unpaired) electrons. The summed E-state index contributed by atoms with van der Waals surface area (Å²) in [4.78, 5) is 29.6. The Morgan fingerprint density at radius 1 is 1.03 bits per heavy atom. The summed E-state index contributed by atoms with van der Waals surface area (Å²) in [5.41, 5.74) is 2.26. The van der Waals surface area contributed by atoms with E-state index in [-0.39, 0.29) is 10.7 Å². The molecule has 0 aliphatic carbocycles. The molecule has 0 aromatic heterocycles. The quantitative estimate of drug-likeness (QED) is 0.396. The van der Waals surface area contributed by atoms with Gasteiger partial charge < -0.3 is 14.4 Å². The molecule has 0 atom stereocenters. The summed E-state index contributed by atoms with van der Waals surface area (Å²) in [7, 11) is 1.58. The van der Waals surface area contributed by atoms with Crippen LogP contribution in [0.5, 0.6) is 11.5 Å². The molecule has 0 bridgehead atoms. The van der Waals surface area contributed by atoms with Gasteiger partial charge in [0.2, 0.25) is 0 Å². The Morgan fingerprint density at radius 3 is 2.39 bits per heavy atom. The third kappa shape index (κ3) is 4.85. The van der Waals surface area contributed by atoms with Gasteiger partial charge in [-0.2, -0.15) is 0 Å². The van der Waals surface area contributed by atoms with Crippen molar-refractivity contribution < 1.29 is 19.1 Å². The number of rotatable bonds is 6. The molecule has 33 heavy (non-hydrogen) atoms. The molecule has 2 amide bonds. The fourth-order valence-corrected chi connectivity index (χ4v) is 4.35. The third-order valence-electron chi connectivity index (χ3n) is 5.75. The maximum Gasteiger partial charge on any atom is 0.270 e. The molecule has 4 rings (SSSR count). The van der Waals surface area contributed by atoms with Gasteiger partial charge in [-0.25, -0.2) is 0 Å². The van der Waals surface area contributed by atoms with Crippen molar-refractivity contribution in [2.24, 2.45) is 0 Å². The van der Waals surface area contributed by atoms with Gasteiger partial charge in [0.1, 0.15) is 17.1 Å². The first-order chi connectivity index (χ1) is 16.0. The number of piperidine rings is 1. The van der Waals surface area contributed by atoms with E-state index >= 15 is 0 Å². The van der Waals surface area contributed by atoms with E-state index in [1.807, 2.05) is 25.1 Å². The van der Waals surface area contributed by atoms with E-state index < -0.39 is 11.8 Å². The molecule has 2 saturated heterocycles. The Morgan fingerprint density at radius 2 is 1.73 bits per heavy atom. The average molecular weight is 466 g/mol. The fraction of sp³-hybridized carbons (Fsp3) is 0.320. The third-order valence-corrected chi connectivity index (χ3v) is 6.03. The number of thiocarbonyl (C=S) groups is 1. The number of anilines is 2. The summed E-state index contributed by atoms with van der Waals surface area (Å²) < 4.78 is 11.1. The maximum absolute atomic E-state index is 13.3. The number of hydrogen-bond acceptors (Lipinski definition) is 6. The summed E-state index contributed by atoms with van der Waals surface area (Å²) >= 11 is 5.29. The number of methoxy groups -OCH3 is 1. The molecular weight excluding hydrogens is 438 g/mol. The minimum absolute atomic E-state index is 0.0125. The monoisotopic (exact) mass is 465 g/mol. The fourth-order valence-electron chi connectivity index (χ4n) is 4.07. The van der Waals surface area contributed by atoms with Crippen LogP contribution in [0, 0.1) is 0 Å². The summed E-state index contributed by atoms with van der Waals surface area (Å²) in [5, 5.41) is 2.66. The summed E-state index contributed by atoms with van der Waals surface area (Å²) in [6.07, 6.45) is 5.15. The van der Waals surface area contributed by atoms with E-state index in [1.54, 1.807) is 37.5 Å². The number of ether oxygens (including phenoxy) is 2. The molecule has 172 valence electrons. The number of carbonyl (C=O) groups excluding carboxylic acids is 2. The first kappa shape index (κ1) is 22.8. The zero-order valence-electron chi connectivity index (χ0n) is 18.8. The molecule has 2 fully saturated rings. The second-order valence-corrected chi connectivity index (χ2v) is 8.25. The molecule has 8 heteroatoms. The smallest absolute Gasteiger partial charge is 0.270 e. The SMILES string of the molecule is CCOc1ccc(N2C(=O)/C(=C/c3ccc(N4CCCCC4)cc3OC)C(=O)NC2=S)cc1. The normalized spacial score (nSPS) is 17.9. The minimum atomic E-state index is -0.533. The average Bonchev–Trinajstić information content (AvgIpc) is 2.83. The zero-order valence-corrected chi connectivity index (χ0v) is 19.6. The summed E-state index contributed by atoms with van der Waals surface area (Å²) in [6, 6.07) is 12.8. The number of nitrogens with one attached hydrogen (secondary N) is 1. The standard InChI is InChI=1S/C25H27N3O4S/c1-3-32-20-11-9-18(10-12-20)28-24(30)21(23(29)26-25(28)33)15-17-7-8-19(16-22(17)31-2)27-13-5-4-6-14-27/h7-12,15-16H,3-6,13-14H2,1-2H3,(H,26,29,33)/b21-15+. The predicted molar refractivity (Wildman–Crippen MR) is 133 cm³/mol. The molecule has 2 aliphatic heterocycles. The number of hydrogen-bond donors (Lipinski definition) is 1. The summed E-state index contributed by atoms with van der Waals surface area (Å²) in [5.74, 6) is 0.270. The van der Waals surface area contributed by atoms with Gasteiger partial charge in [0.05, 0.1) is 19.4 Å². The van der Waals surface area contributed by atoms with Crippen molar-refractivity contribution in [3.8, 4) is 11.5 Å². The largest absolute Gasteiger partial charge is 0.496 e. The van der Waals surface area contributed by atoms with Crippen molar-refractivity contribution in [2.75, 3.05) is 36.6 Å². The van der Waals surface area contributed by atoms with Crippen molar-refractivity contribution in [2.45, 2.75) is 26.2 Å². The Balaban J connectivity index is 1.64. The molecule has 2 aromatic rings. The van der Waals surface area contributed by atoms with E-state index in [4.69, 9.17) is 21.7 Å². The van der Waals surface area contributed by atoms with E-state index in [0.717, 1.165) is 18.8 Å². The van der Waals surface area contributed by atoms with Crippen LogP contribution in [0.1, 0.15) is 31.7 Å². The lowest BCUT2D eigenvalue weighted by Gasteiger charge is -2.30. The van der Waals surface area contributed by atoms with Gasteiger partial charge >= 0.3 is 0 Å². The number of carbonyl (C=O) groups is 2. The molecule has 2 aromatic carbocycles. The van der Waals surface area contributed by atoms with Crippen LogP contribution in [0.2, 0.25) is 0 Å². The Kier molecular flexibility index (Phi) is 6.93. The lowest BCUT2D eigenvalue weighted by molar-refractivity contribution is -0.122. The van der Waals surface area contributed by atoms with E-state index in [9.17, 15) is 9.59 Å². The molecular formula is C25H27N3O4S. The lowest BCUT2D eigenvalue weighted by Crippen LogP contribution is -2.54. The van der Waals surface area contributed by atoms with Crippen molar-refractivity contribution in [3.05, 3.63) is 53.6 Å². The van der Waals surface area contributed by atoms with Gasteiger partial charge in [-0.15, -0.1) is 0 Å². The van der Waals surface area contributed by atoms with E-state index in [2.05, 4.69) is 10.2 Å². The van der Waals surface area contributed by atoms with Crippen molar-refractivity contribution in [1.29, 1.82) is 0 Å². The Hall–Kier alpha value is -3.39. The highest BCUT2D eigenvalue weighted by Gasteiger charge is 2.34. The van der Waals surface area contributed by atoms with Crippen molar-refractivity contribution >= 4 is 46.6 Å². The molecule has 2 heterocycles. The van der Waals surface area contributed by atoms with Gasteiger partial charge in [0.25, 0.3) is 11.8 Å². The number of nitrogens with zero attached hydrogens (tertiary/aromatic N) is 2. The predicted octanol–water partition coefficient (Wildman–Crippen LogP) is 3.92. The second-order valence-electron chi connectivity index (χ2n) is 7.86. The van der Waals surface area contributed by atoms with Gasteiger partial charge in [-0.3, -0.25) is 19.8 Å². The molecule has 7 nitrogen and oxygen atoms in total. The second kappa shape index (κ2) is 10.0. The number of amides is 2. The minimum Gasteiger partial charge on any atom is -0.496 e. The summed E-state index contributed by atoms with van der Waals surface area (Å²) in [6.45, 7) is 4.47. The highest BCUT2D eigenvalue weighted by Crippen LogP contribution is 2.31. The maximum atomic E-state index is 13.3. The lowest BCUT2D eigenvalue weighted by atomic mass is 10.0. The van der Waals surface area contributed by atoms with Crippen LogP contribution < -0.4 is 24.6 Å². The van der Waals surface area contributed by atoms with Crippen LogP contribution >= 0.6 is 12.2 Å². The Bertz CT molecular complexity index is 1090. The van der Waals surface area contributed by atoms with Gasteiger partial charge in [-0.1, -0.05) is 0 Å². The van der Waals surface area contributed by atoms with Crippen LogP contribution in [0.15, 0.2) is 48.0 Å². The molecule has 0 saturated carbocycles. The first-order valence-corrected chi connectivity index (χ1v) is 11.5. The van der Waals surface area contributed by atoms with Gasteiger partial charge in [0.15, 0.2) is 5.11 Å². The van der Waals surface area contributed by atoms with Crippen molar-refractivity contribution in [3.63, 3.8) is 0 Å². The molecule has 2 aliphatic rings. The van der Waals surface area contributed by atoms with Gasteiger partial charge in [-0.05, 0) is 80.9 Å². The van der Waals surface area contributed by atoms with Crippen LogP contribution in [0.25, 0.3) is 6.08 Å². The molecule has 0 spiro atoms. The molecule has 0 unspecified atom stereocenters. The highest BCUT2D eigenvalue weighted by molar-refractivity contribution is 7.80. The topological polar surface area (TPSA) is 71.1 Å². The van der Waals surface area contributed by atoms with Crippen LogP contribution in [0.3, 0.4) is 0 Å². The van der Waals surface area contributed by atoms with Crippen LogP contribution in [0.4, 0.5) is 11.4 Å². The van der Waals surface area contributed by atoms with E-state index in [0.29, 0.717) is 29.4 Å². The van der Waals surface area contributed by atoms with Crippen molar-refractivity contribution in [1.82, 2.24) is 5.32 Å². The van der Waals surface area contributed by atoms with Gasteiger partial charge in [0, 0.05) is 30.4 Å². The first-order valence-electron chi connectivity index (χ1n) is 11.1. The van der Waals surface area contributed by atoms with Crippen LogP contribution in [-0.4, -0.2) is 43.7 Å². The Labute approximate surface area is 199 Å². The highest BCUT2D eigenvalue weighted by atomic mass is 32.1. The van der Waals surface area contributed by atoms with Crippen LogP contribution in [-0.2, 0) is 9.59 Å². The van der Waals surface area contributed by atoms with E-state index in [1.165, 1.54) is 24.2 Å².